The molecule has 2 aliphatic heterocycles. The van der Waals surface area contributed by atoms with Crippen LogP contribution in [0.25, 0.3) is 0 Å². The van der Waals surface area contributed by atoms with Crippen molar-refractivity contribution in [3.8, 4) is 0 Å². The van der Waals surface area contributed by atoms with Gasteiger partial charge in [-0.15, -0.1) is 0 Å². The average molecular weight is 264 g/mol. The zero-order valence-corrected chi connectivity index (χ0v) is 13.0. The summed E-state index contributed by atoms with van der Waals surface area (Å²) in [5, 5.41) is 4.02. The van der Waals surface area contributed by atoms with E-state index in [9.17, 15) is 0 Å². The number of fused-ring (bicyclic) bond motifs is 1. The van der Waals surface area contributed by atoms with E-state index in [1.54, 1.807) is 0 Å². The zero-order chi connectivity index (χ0) is 13.3. The molecule has 3 rings (SSSR count). The normalized spacial score (nSPS) is 39.8. The minimum Gasteiger partial charge on any atom is -0.311 e. The topological polar surface area (TPSA) is 15.3 Å². The van der Waals surface area contributed by atoms with Crippen LogP contribution in [0.5, 0.6) is 0 Å². The molecule has 0 amide bonds. The number of hydrogen-bond donors (Lipinski definition) is 1. The highest BCUT2D eigenvalue weighted by atomic mass is 15.2. The van der Waals surface area contributed by atoms with E-state index in [-0.39, 0.29) is 0 Å². The van der Waals surface area contributed by atoms with Crippen LogP contribution in [-0.2, 0) is 0 Å². The van der Waals surface area contributed by atoms with Crippen molar-refractivity contribution in [1.29, 1.82) is 0 Å². The Labute approximate surface area is 119 Å². The van der Waals surface area contributed by atoms with Gasteiger partial charge in [-0.3, -0.25) is 0 Å². The van der Waals surface area contributed by atoms with Crippen molar-refractivity contribution in [2.75, 3.05) is 13.1 Å². The van der Waals surface area contributed by atoms with Gasteiger partial charge in [0, 0.05) is 18.1 Å². The third kappa shape index (κ3) is 3.52. The lowest BCUT2D eigenvalue weighted by molar-refractivity contribution is 0.158. The molecule has 0 aromatic rings. The van der Waals surface area contributed by atoms with Crippen LogP contribution in [0.1, 0.15) is 71.6 Å². The van der Waals surface area contributed by atoms with E-state index in [1.807, 2.05) is 0 Å². The predicted molar refractivity (Wildman–Crippen MR) is 81.4 cm³/mol. The van der Waals surface area contributed by atoms with Gasteiger partial charge < -0.3 is 10.2 Å². The van der Waals surface area contributed by atoms with Crippen LogP contribution in [0.15, 0.2) is 0 Å². The summed E-state index contributed by atoms with van der Waals surface area (Å²) >= 11 is 0. The second-order valence-corrected chi connectivity index (χ2v) is 8.01. The van der Waals surface area contributed by atoms with Crippen LogP contribution in [0.2, 0.25) is 0 Å². The van der Waals surface area contributed by atoms with Gasteiger partial charge in [0.15, 0.2) is 0 Å². The first-order valence-corrected chi connectivity index (χ1v) is 8.62. The summed E-state index contributed by atoms with van der Waals surface area (Å²) in [7, 11) is 0. The number of nitrogens with one attached hydrogen (secondary N) is 1. The molecule has 1 aliphatic carbocycles. The van der Waals surface area contributed by atoms with E-state index in [4.69, 9.17) is 0 Å². The van der Waals surface area contributed by atoms with Crippen LogP contribution in [0.4, 0.5) is 0 Å². The van der Waals surface area contributed by atoms with Crippen LogP contribution in [0.3, 0.4) is 0 Å². The molecule has 0 aromatic heterocycles. The maximum atomic E-state index is 4.02. The number of piperidine rings is 1. The molecule has 19 heavy (non-hydrogen) atoms. The molecule has 0 radical (unpaired) electrons. The molecule has 0 spiro atoms. The van der Waals surface area contributed by atoms with Crippen LogP contribution in [-0.4, -0.2) is 36.1 Å². The molecule has 1 saturated carbocycles. The lowest BCUT2D eigenvalue weighted by Gasteiger charge is -2.37. The fraction of sp³-hybridized carbons (Fsp3) is 1.00. The Morgan fingerprint density at radius 3 is 2.68 bits per heavy atom. The molecule has 110 valence electrons. The van der Waals surface area contributed by atoms with Gasteiger partial charge in [-0.1, -0.05) is 20.3 Å². The standard InChI is InChI=1S/C17H32N2/c1-17(2)9-3-5-14(7-10-17)18-15-8-12-19-11-4-6-16(19)13-15/h14-16,18H,3-13H2,1-2H3. The third-order valence-corrected chi connectivity index (χ3v) is 5.87. The van der Waals surface area contributed by atoms with E-state index >= 15 is 0 Å². The van der Waals surface area contributed by atoms with Gasteiger partial charge in [-0.2, -0.15) is 0 Å². The minimum atomic E-state index is 0.589. The third-order valence-electron chi connectivity index (χ3n) is 5.87. The Morgan fingerprint density at radius 2 is 1.79 bits per heavy atom. The van der Waals surface area contributed by atoms with E-state index in [0.29, 0.717) is 5.41 Å². The van der Waals surface area contributed by atoms with Crippen molar-refractivity contribution in [3.63, 3.8) is 0 Å². The largest absolute Gasteiger partial charge is 0.311 e. The Hall–Kier alpha value is -0.0800. The molecule has 0 aromatic carbocycles. The van der Waals surface area contributed by atoms with Crippen LogP contribution >= 0.6 is 0 Å². The summed E-state index contributed by atoms with van der Waals surface area (Å²) in [5.41, 5.74) is 0.589. The molecule has 2 heterocycles. The SMILES string of the molecule is CC1(C)CCCC(NC2CCN3CCCC3C2)CC1. The number of nitrogens with zero attached hydrogens (tertiary/aromatic N) is 1. The highest BCUT2D eigenvalue weighted by molar-refractivity contribution is 4.91. The van der Waals surface area contributed by atoms with Gasteiger partial charge in [-0.25, -0.2) is 0 Å². The molecule has 0 bridgehead atoms. The summed E-state index contributed by atoms with van der Waals surface area (Å²) < 4.78 is 0. The Bertz CT molecular complexity index is 298. The molecule has 3 atom stereocenters. The second kappa shape index (κ2) is 5.73. The molecule has 2 saturated heterocycles. The lowest BCUT2D eigenvalue weighted by atomic mass is 9.85. The van der Waals surface area contributed by atoms with Gasteiger partial charge in [0.2, 0.25) is 0 Å². The van der Waals surface area contributed by atoms with Crippen LogP contribution in [0, 0.1) is 5.41 Å². The van der Waals surface area contributed by atoms with E-state index in [1.165, 1.54) is 70.9 Å². The van der Waals surface area contributed by atoms with Crippen LogP contribution < -0.4 is 5.32 Å². The Balaban J connectivity index is 1.48. The van der Waals surface area contributed by atoms with Crippen molar-refractivity contribution in [2.24, 2.45) is 5.41 Å². The summed E-state index contributed by atoms with van der Waals surface area (Å²) in [5.74, 6) is 0. The number of rotatable bonds is 2. The first-order chi connectivity index (χ1) is 9.12. The number of hydrogen-bond acceptors (Lipinski definition) is 2. The van der Waals surface area contributed by atoms with Crippen molar-refractivity contribution < 1.29 is 0 Å². The molecule has 3 unspecified atom stereocenters. The Morgan fingerprint density at radius 1 is 0.895 bits per heavy atom. The molecule has 3 aliphatic rings. The van der Waals surface area contributed by atoms with Crippen molar-refractivity contribution >= 4 is 0 Å². The predicted octanol–water partition coefficient (Wildman–Crippen LogP) is 3.56. The molecule has 2 heteroatoms. The minimum absolute atomic E-state index is 0.589. The maximum Gasteiger partial charge on any atom is 0.0111 e. The highest BCUT2D eigenvalue weighted by Crippen LogP contribution is 2.34. The smallest absolute Gasteiger partial charge is 0.0111 e. The monoisotopic (exact) mass is 264 g/mol. The quantitative estimate of drug-likeness (QED) is 0.767. The summed E-state index contributed by atoms with van der Waals surface area (Å²) in [6, 6.07) is 2.53. The van der Waals surface area contributed by atoms with E-state index in [2.05, 4.69) is 24.1 Å². The zero-order valence-electron chi connectivity index (χ0n) is 13.0. The summed E-state index contributed by atoms with van der Waals surface area (Å²) in [6.07, 6.45) is 12.8. The van der Waals surface area contributed by atoms with E-state index in [0.717, 1.165) is 18.1 Å². The lowest BCUT2D eigenvalue weighted by Crippen LogP contribution is -2.48. The van der Waals surface area contributed by atoms with Gasteiger partial charge in [0.25, 0.3) is 0 Å². The molecular formula is C17H32N2. The summed E-state index contributed by atoms with van der Waals surface area (Å²) in [6.45, 7) is 7.62. The van der Waals surface area contributed by atoms with Crippen molar-refractivity contribution in [2.45, 2.75) is 89.8 Å². The second-order valence-electron chi connectivity index (χ2n) is 8.01. The molecule has 3 fully saturated rings. The van der Waals surface area contributed by atoms with Gasteiger partial charge in [0.1, 0.15) is 0 Å². The fourth-order valence-electron chi connectivity index (χ4n) is 4.54. The molecule has 2 nitrogen and oxygen atoms in total. The maximum absolute atomic E-state index is 4.02. The highest BCUT2D eigenvalue weighted by Gasteiger charge is 2.33. The van der Waals surface area contributed by atoms with Gasteiger partial charge in [0.05, 0.1) is 0 Å². The first kappa shape index (κ1) is 13.9. The summed E-state index contributed by atoms with van der Waals surface area (Å²) in [4.78, 5) is 2.73. The first-order valence-electron chi connectivity index (χ1n) is 8.62. The fourth-order valence-corrected chi connectivity index (χ4v) is 4.54. The van der Waals surface area contributed by atoms with Crippen molar-refractivity contribution in [3.05, 3.63) is 0 Å². The average Bonchev–Trinajstić information content (AvgIpc) is 2.76. The molecule has 1 N–H and O–H groups in total. The van der Waals surface area contributed by atoms with Gasteiger partial charge in [-0.05, 0) is 69.9 Å². The van der Waals surface area contributed by atoms with E-state index < -0.39 is 0 Å². The Kier molecular flexibility index (Phi) is 4.19. The van der Waals surface area contributed by atoms with Crippen molar-refractivity contribution in [1.82, 2.24) is 10.2 Å². The van der Waals surface area contributed by atoms with Gasteiger partial charge >= 0.3 is 0 Å². The molecular weight excluding hydrogens is 232 g/mol.